The fraction of sp³-hybridized carbons (Fsp3) is 0.812. The van der Waals surface area contributed by atoms with Crippen LogP contribution in [0.2, 0.25) is 0 Å². The molecule has 0 spiro atoms. The Labute approximate surface area is 133 Å². The van der Waals surface area contributed by atoms with Crippen LogP contribution in [0.15, 0.2) is 16.9 Å². The lowest BCUT2D eigenvalue weighted by Gasteiger charge is -2.33. The van der Waals surface area contributed by atoms with Crippen molar-refractivity contribution in [2.24, 2.45) is 34.2 Å². The number of fused-ring (bicyclic) bond motifs is 1. The van der Waals surface area contributed by atoms with Crippen LogP contribution in [0.25, 0.3) is 0 Å². The number of rotatable bonds is 4. The Morgan fingerprint density at radius 2 is 1.95 bits per heavy atom. The monoisotopic (exact) mass is 306 g/mol. The Morgan fingerprint density at radius 1 is 1.32 bits per heavy atom. The number of hydrogen-bond donors (Lipinski definition) is 3. The molecule has 0 amide bonds. The second-order valence-electron chi connectivity index (χ2n) is 7.72. The third-order valence-electron chi connectivity index (χ3n) is 5.10. The van der Waals surface area contributed by atoms with Gasteiger partial charge in [0.15, 0.2) is 5.96 Å². The smallest absolute Gasteiger partial charge is 0.196 e. The molecule has 5 N–H and O–H groups in total. The number of aliphatic imine (C=N–C) groups is 1. The standard InChI is InChI=1S/C16H30N6/c1-11(2)4-5-16(18)6-14(19-15(17)20-16)22-9-12-7-21(3)8-13(12)10-22/h6,11-13H,4-5,7-10,18H2,1-3H3,(H3,17,19,20). The van der Waals surface area contributed by atoms with Crippen LogP contribution in [0.1, 0.15) is 26.7 Å². The van der Waals surface area contributed by atoms with Gasteiger partial charge in [0.05, 0.1) is 0 Å². The number of nitrogens with two attached hydrogens (primary N) is 2. The minimum absolute atomic E-state index is 0.443. The van der Waals surface area contributed by atoms with Crippen LogP contribution < -0.4 is 16.8 Å². The molecule has 6 nitrogen and oxygen atoms in total. The summed E-state index contributed by atoms with van der Waals surface area (Å²) in [4.78, 5) is 9.28. The van der Waals surface area contributed by atoms with Gasteiger partial charge in [-0.3, -0.25) is 0 Å². The number of nitrogens with one attached hydrogen (secondary N) is 1. The average Bonchev–Trinajstić information content (AvgIpc) is 2.92. The summed E-state index contributed by atoms with van der Waals surface area (Å²) in [5, 5.41) is 3.22. The molecule has 124 valence electrons. The number of likely N-dealkylation sites (tertiary alicyclic amines) is 2. The van der Waals surface area contributed by atoms with E-state index in [2.05, 4.69) is 47.1 Å². The van der Waals surface area contributed by atoms with Crippen molar-refractivity contribution in [3.05, 3.63) is 11.9 Å². The van der Waals surface area contributed by atoms with Gasteiger partial charge in [-0.05, 0) is 43.7 Å². The topological polar surface area (TPSA) is 82.9 Å². The van der Waals surface area contributed by atoms with Crippen LogP contribution in [0.3, 0.4) is 0 Å². The van der Waals surface area contributed by atoms with Crippen LogP contribution in [-0.4, -0.2) is 54.6 Å². The van der Waals surface area contributed by atoms with E-state index in [9.17, 15) is 0 Å². The molecule has 2 saturated heterocycles. The fourth-order valence-electron chi connectivity index (χ4n) is 3.93. The lowest BCUT2D eigenvalue weighted by atomic mass is 9.98. The number of nitrogens with zero attached hydrogens (tertiary/aromatic N) is 3. The first-order valence-corrected chi connectivity index (χ1v) is 8.42. The second kappa shape index (κ2) is 5.74. The van der Waals surface area contributed by atoms with Crippen molar-refractivity contribution in [1.29, 1.82) is 0 Å². The molecule has 0 aromatic heterocycles. The van der Waals surface area contributed by atoms with Crippen molar-refractivity contribution in [2.45, 2.75) is 32.4 Å². The van der Waals surface area contributed by atoms with E-state index < -0.39 is 5.66 Å². The van der Waals surface area contributed by atoms with E-state index in [0.717, 1.165) is 43.6 Å². The van der Waals surface area contributed by atoms with Crippen molar-refractivity contribution >= 4 is 5.96 Å². The van der Waals surface area contributed by atoms with Gasteiger partial charge in [0, 0.05) is 26.2 Å². The molecule has 3 heterocycles. The van der Waals surface area contributed by atoms with E-state index in [4.69, 9.17) is 11.5 Å². The molecule has 0 saturated carbocycles. The van der Waals surface area contributed by atoms with Crippen molar-refractivity contribution in [2.75, 3.05) is 33.2 Å². The third kappa shape index (κ3) is 3.22. The highest BCUT2D eigenvalue weighted by atomic mass is 15.3. The first-order valence-electron chi connectivity index (χ1n) is 8.42. The Morgan fingerprint density at radius 3 is 2.55 bits per heavy atom. The Hall–Kier alpha value is -1.27. The zero-order valence-electron chi connectivity index (χ0n) is 14.0. The van der Waals surface area contributed by atoms with E-state index in [0.29, 0.717) is 11.9 Å². The second-order valence-corrected chi connectivity index (χ2v) is 7.72. The lowest BCUT2D eigenvalue weighted by molar-refractivity contribution is 0.307. The summed E-state index contributed by atoms with van der Waals surface area (Å²) >= 11 is 0. The van der Waals surface area contributed by atoms with Crippen LogP contribution >= 0.6 is 0 Å². The molecule has 3 aliphatic heterocycles. The van der Waals surface area contributed by atoms with E-state index in [1.165, 1.54) is 13.1 Å². The summed E-state index contributed by atoms with van der Waals surface area (Å²) in [6.07, 6.45) is 3.96. The van der Waals surface area contributed by atoms with Crippen LogP contribution in [0, 0.1) is 17.8 Å². The molecule has 3 unspecified atom stereocenters. The maximum atomic E-state index is 6.47. The largest absolute Gasteiger partial charge is 0.370 e. The highest BCUT2D eigenvalue weighted by molar-refractivity contribution is 5.81. The van der Waals surface area contributed by atoms with Crippen LogP contribution in [0.5, 0.6) is 0 Å². The molecule has 3 aliphatic rings. The van der Waals surface area contributed by atoms with Crippen molar-refractivity contribution in [3.63, 3.8) is 0 Å². The van der Waals surface area contributed by atoms with Gasteiger partial charge in [0.1, 0.15) is 11.5 Å². The molecule has 0 aliphatic carbocycles. The molecular weight excluding hydrogens is 276 g/mol. The maximum absolute atomic E-state index is 6.47. The Kier molecular flexibility index (Phi) is 4.07. The minimum Gasteiger partial charge on any atom is -0.370 e. The van der Waals surface area contributed by atoms with E-state index in [1.807, 2.05) is 0 Å². The lowest BCUT2D eigenvalue weighted by Crippen LogP contribution is -2.50. The maximum Gasteiger partial charge on any atom is 0.196 e. The van der Waals surface area contributed by atoms with E-state index >= 15 is 0 Å². The zero-order chi connectivity index (χ0) is 15.9. The van der Waals surface area contributed by atoms with Gasteiger partial charge in [-0.2, -0.15) is 0 Å². The van der Waals surface area contributed by atoms with Gasteiger partial charge >= 0.3 is 0 Å². The van der Waals surface area contributed by atoms with E-state index in [-0.39, 0.29) is 0 Å². The van der Waals surface area contributed by atoms with Gasteiger partial charge in [-0.1, -0.05) is 13.8 Å². The molecule has 2 fully saturated rings. The molecule has 0 radical (unpaired) electrons. The van der Waals surface area contributed by atoms with Crippen molar-refractivity contribution in [3.8, 4) is 0 Å². The molecular formula is C16H30N6. The summed E-state index contributed by atoms with van der Waals surface area (Å²) < 4.78 is 0. The van der Waals surface area contributed by atoms with Gasteiger partial charge in [-0.25, -0.2) is 4.99 Å². The Balaban J connectivity index is 1.70. The highest BCUT2D eigenvalue weighted by Crippen LogP contribution is 2.33. The van der Waals surface area contributed by atoms with E-state index in [1.54, 1.807) is 0 Å². The summed E-state index contributed by atoms with van der Waals surface area (Å²) in [5.41, 5.74) is 11.8. The Bertz CT molecular complexity index is 471. The first-order chi connectivity index (χ1) is 10.3. The predicted molar refractivity (Wildman–Crippen MR) is 89.9 cm³/mol. The first kappa shape index (κ1) is 15.6. The van der Waals surface area contributed by atoms with Gasteiger partial charge in [0.25, 0.3) is 0 Å². The highest BCUT2D eigenvalue weighted by Gasteiger charge is 2.40. The molecule has 3 atom stereocenters. The number of guanidine groups is 1. The SMILES string of the molecule is CC(C)CCC1(N)C=C(N2CC3CN(C)CC3C2)NC(N)=N1. The van der Waals surface area contributed by atoms with Gasteiger partial charge in [0.2, 0.25) is 0 Å². The van der Waals surface area contributed by atoms with Crippen LogP contribution in [0.4, 0.5) is 0 Å². The van der Waals surface area contributed by atoms with Crippen molar-refractivity contribution in [1.82, 2.24) is 15.1 Å². The molecule has 6 heteroatoms. The normalized spacial score (nSPS) is 35.4. The average molecular weight is 306 g/mol. The fourth-order valence-corrected chi connectivity index (χ4v) is 3.93. The third-order valence-corrected chi connectivity index (χ3v) is 5.10. The van der Waals surface area contributed by atoms with Crippen LogP contribution in [-0.2, 0) is 0 Å². The molecule has 0 aromatic rings. The van der Waals surface area contributed by atoms with Gasteiger partial charge < -0.3 is 26.6 Å². The molecule has 0 aromatic carbocycles. The zero-order valence-corrected chi connectivity index (χ0v) is 14.0. The molecule has 3 rings (SSSR count). The predicted octanol–water partition coefficient (Wildman–Crippen LogP) is 0.330. The summed E-state index contributed by atoms with van der Waals surface area (Å²) in [6, 6.07) is 0. The number of hydrogen-bond acceptors (Lipinski definition) is 6. The van der Waals surface area contributed by atoms with Gasteiger partial charge in [-0.15, -0.1) is 0 Å². The molecule has 22 heavy (non-hydrogen) atoms. The minimum atomic E-state index is -0.663. The summed E-state index contributed by atoms with van der Waals surface area (Å²) in [5.74, 6) is 3.63. The summed E-state index contributed by atoms with van der Waals surface area (Å²) in [6.45, 7) is 8.97. The summed E-state index contributed by atoms with van der Waals surface area (Å²) in [7, 11) is 2.21. The molecule has 0 bridgehead atoms. The van der Waals surface area contributed by atoms with Crippen molar-refractivity contribution < 1.29 is 0 Å². The quantitative estimate of drug-likeness (QED) is 0.697.